The number of rotatable bonds is 5. The maximum atomic E-state index is 11.5. The van der Waals surface area contributed by atoms with Crippen molar-refractivity contribution in [1.82, 2.24) is 4.98 Å². The van der Waals surface area contributed by atoms with Crippen molar-refractivity contribution in [3.8, 4) is 0 Å². The lowest BCUT2D eigenvalue weighted by atomic mass is 10.2. The number of nitrogens with zero attached hydrogens (tertiary/aromatic N) is 1. The molecule has 0 saturated heterocycles. The van der Waals surface area contributed by atoms with Gasteiger partial charge in [0.25, 0.3) is 0 Å². The van der Waals surface area contributed by atoms with Crippen LogP contribution in [-0.2, 0) is 15.5 Å². The van der Waals surface area contributed by atoms with Crippen molar-refractivity contribution in [2.24, 2.45) is 0 Å². The SMILES string of the molecule is COC(=O)c1cccnc1NC(C)CS(C)=O. The van der Waals surface area contributed by atoms with Crippen molar-refractivity contribution in [2.75, 3.05) is 24.4 Å². The molecule has 0 aromatic carbocycles. The fourth-order valence-electron chi connectivity index (χ4n) is 1.42. The quantitative estimate of drug-likeness (QED) is 0.797. The fraction of sp³-hybridized carbons (Fsp3) is 0.455. The maximum Gasteiger partial charge on any atom is 0.341 e. The Kier molecular flexibility index (Phi) is 5.09. The van der Waals surface area contributed by atoms with Crippen molar-refractivity contribution >= 4 is 22.6 Å². The molecule has 0 bridgehead atoms. The second-order valence-corrected chi connectivity index (χ2v) is 5.16. The predicted molar refractivity (Wildman–Crippen MR) is 67.6 cm³/mol. The molecule has 2 unspecified atom stereocenters. The molecule has 0 radical (unpaired) electrons. The summed E-state index contributed by atoms with van der Waals surface area (Å²) >= 11 is 0. The third-order valence-electron chi connectivity index (χ3n) is 2.08. The number of pyridine rings is 1. The molecule has 1 rings (SSSR count). The minimum Gasteiger partial charge on any atom is -0.465 e. The molecule has 0 amide bonds. The van der Waals surface area contributed by atoms with Crippen LogP contribution in [0.4, 0.5) is 5.82 Å². The van der Waals surface area contributed by atoms with Crippen LogP contribution in [0.25, 0.3) is 0 Å². The summed E-state index contributed by atoms with van der Waals surface area (Å²) in [5.41, 5.74) is 0.378. The summed E-state index contributed by atoms with van der Waals surface area (Å²) in [7, 11) is 0.428. The first-order chi connectivity index (χ1) is 8.04. The van der Waals surface area contributed by atoms with Gasteiger partial charge in [-0.05, 0) is 19.1 Å². The molecule has 1 aromatic heterocycles. The smallest absolute Gasteiger partial charge is 0.341 e. The van der Waals surface area contributed by atoms with Crippen molar-refractivity contribution in [2.45, 2.75) is 13.0 Å². The lowest BCUT2D eigenvalue weighted by Gasteiger charge is -2.14. The molecule has 0 aliphatic rings. The van der Waals surface area contributed by atoms with Crippen LogP contribution in [0.3, 0.4) is 0 Å². The molecule has 5 nitrogen and oxygen atoms in total. The van der Waals surface area contributed by atoms with E-state index in [1.807, 2.05) is 6.92 Å². The van der Waals surface area contributed by atoms with Gasteiger partial charge in [-0.1, -0.05) is 0 Å². The molecule has 2 atom stereocenters. The number of esters is 1. The zero-order chi connectivity index (χ0) is 12.8. The normalized spacial score (nSPS) is 13.8. The van der Waals surface area contributed by atoms with Crippen LogP contribution in [0.2, 0.25) is 0 Å². The number of carbonyl (C=O) groups excluding carboxylic acids is 1. The lowest BCUT2D eigenvalue weighted by Crippen LogP contribution is -2.24. The Morgan fingerprint density at radius 2 is 2.35 bits per heavy atom. The van der Waals surface area contributed by atoms with Gasteiger partial charge < -0.3 is 10.1 Å². The second kappa shape index (κ2) is 6.34. The molecule has 0 spiro atoms. The highest BCUT2D eigenvalue weighted by atomic mass is 32.2. The van der Waals surface area contributed by atoms with Crippen LogP contribution in [0.5, 0.6) is 0 Å². The average Bonchev–Trinajstić information content (AvgIpc) is 2.27. The first-order valence-electron chi connectivity index (χ1n) is 5.14. The summed E-state index contributed by atoms with van der Waals surface area (Å²) in [6.45, 7) is 1.89. The zero-order valence-electron chi connectivity index (χ0n) is 10.1. The van der Waals surface area contributed by atoms with E-state index < -0.39 is 16.8 Å². The van der Waals surface area contributed by atoms with Crippen LogP contribution < -0.4 is 5.32 Å². The van der Waals surface area contributed by atoms with Gasteiger partial charge in [-0.15, -0.1) is 0 Å². The van der Waals surface area contributed by atoms with Gasteiger partial charge in [0.1, 0.15) is 11.4 Å². The fourth-order valence-corrected chi connectivity index (χ4v) is 2.21. The monoisotopic (exact) mass is 256 g/mol. The van der Waals surface area contributed by atoms with Gasteiger partial charge in [-0.3, -0.25) is 4.21 Å². The number of ether oxygens (including phenoxy) is 1. The lowest BCUT2D eigenvalue weighted by molar-refractivity contribution is 0.0601. The number of anilines is 1. The third-order valence-corrected chi connectivity index (χ3v) is 3.05. The van der Waals surface area contributed by atoms with Gasteiger partial charge >= 0.3 is 5.97 Å². The average molecular weight is 256 g/mol. The highest BCUT2D eigenvalue weighted by Crippen LogP contribution is 2.13. The van der Waals surface area contributed by atoms with Gasteiger partial charge in [-0.2, -0.15) is 0 Å². The molecule has 1 heterocycles. The number of carbonyl (C=O) groups is 1. The van der Waals surface area contributed by atoms with E-state index in [1.54, 1.807) is 24.6 Å². The van der Waals surface area contributed by atoms with E-state index in [2.05, 4.69) is 15.0 Å². The summed E-state index contributed by atoms with van der Waals surface area (Å²) in [5, 5.41) is 3.05. The molecule has 0 aliphatic carbocycles. The van der Waals surface area contributed by atoms with Crippen LogP contribution in [-0.4, -0.2) is 40.3 Å². The molecule has 0 saturated carbocycles. The second-order valence-electron chi connectivity index (χ2n) is 3.68. The van der Waals surface area contributed by atoms with E-state index in [1.165, 1.54) is 7.11 Å². The van der Waals surface area contributed by atoms with Crippen LogP contribution in [0.1, 0.15) is 17.3 Å². The topological polar surface area (TPSA) is 68.3 Å². The summed E-state index contributed by atoms with van der Waals surface area (Å²) in [6.07, 6.45) is 3.22. The molecular weight excluding hydrogens is 240 g/mol. The van der Waals surface area contributed by atoms with E-state index in [0.29, 0.717) is 17.1 Å². The summed E-state index contributed by atoms with van der Waals surface area (Å²) in [6, 6.07) is 3.27. The molecular formula is C11H16N2O3S. The molecule has 0 aliphatic heterocycles. The number of hydrogen-bond acceptors (Lipinski definition) is 5. The Bertz CT molecular complexity index is 423. The highest BCUT2D eigenvalue weighted by Gasteiger charge is 2.14. The molecule has 1 aromatic rings. The van der Waals surface area contributed by atoms with Crippen LogP contribution in [0, 0.1) is 0 Å². The maximum absolute atomic E-state index is 11.5. The number of hydrogen-bond donors (Lipinski definition) is 1. The van der Waals surface area contributed by atoms with Crippen molar-refractivity contribution in [3.05, 3.63) is 23.9 Å². The molecule has 1 N–H and O–H groups in total. The van der Waals surface area contributed by atoms with Crippen molar-refractivity contribution < 1.29 is 13.7 Å². The van der Waals surface area contributed by atoms with E-state index >= 15 is 0 Å². The van der Waals surface area contributed by atoms with Crippen LogP contribution >= 0.6 is 0 Å². The first-order valence-corrected chi connectivity index (χ1v) is 6.87. The standard InChI is InChI=1S/C11H16N2O3S/c1-8(7-17(3)15)13-10-9(11(14)16-2)5-4-6-12-10/h4-6,8H,7H2,1-3H3,(H,12,13). The van der Waals surface area contributed by atoms with Gasteiger partial charge in [-0.25, -0.2) is 9.78 Å². The number of aromatic nitrogens is 1. The Morgan fingerprint density at radius 3 is 2.94 bits per heavy atom. The summed E-state index contributed by atoms with van der Waals surface area (Å²) in [4.78, 5) is 15.6. The Hall–Kier alpha value is -1.43. The predicted octanol–water partition coefficient (Wildman–Crippen LogP) is 1.05. The molecule has 17 heavy (non-hydrogen) atoms. The van der Waals surface area contributed by atoms with E-state index in [4.69, 9.17) is 0 Å². The molecule has 6 heteroatoms. The van der Waals surface area contributed by atoms with E-state index in [0.717, 1.165) is 0 Å². The Morgan fingerprint density at radius 1 is 1.65 bits per heavy atom. The van der Waals surface area contributed by atoms with Crippen LogP contribution in [0.15, 0.2) is 18.3 Å². The molecule has 94 valence electrons. The van der Waals surface area contributed by atoms with E-state index in [-0.39, 0.29) is 6.04 Å². The Balaban J connectivity index is 2.83. The van der Waals surface area contributed by atoms with Gasteiger partial charge in [0.2, 0.25) is 0 Å². The molecule has 0 fully saturated rings. The van der Waals surface area contributed by atoms with Gasteiger partial charge in [0.05, 0.1) is 7.11 Å². The highest BCUT2D eigenvalue weighted by molar-refractivity contribution is 7.84. The summed E-state index contributed by atoms with van der Waals surface area (Å²) < 4.78 is 15.7. The third kappa shape index (κ3) is 4.14. The zero-order valence-corrected chi connectivity index (χ0v) is 10.9. The number of methoxy groups -OCH3 is 1. The minimum atomic E-state index is -0.895. The van der Waals surface area contributed by atoms with Gasteiger partial charge in [0.15, 0.2) is 0 Å². The van der Waals surface area contributed by atoms with Gasteiger partial charge in [0, 0.05) is 35.0 Å². The summed E-state index contributed by atoms with van der Waals surface area (Å²) in [5.74, 6) is 0.514. The van der Waals surface area contributed by atoms with E-state index in [9.17, 15) is 9.00 Å². The Labute approximate surface area is 103 Å². The largest absolute Gasteiger partial charge is 0.465 e. The minimum absolute atomic E-state index is 0.0286. The first kappa shape index (κ1) is 13.6. The van der Waals surface area contributed by atoms with Crippen molar-refractivity contribution in [1.29, 1.82) is 0 Å². The van der Waals surface area contributed by atoms with Crippen molar-refractivity contribution in [3.63, 3.8) is 0 Å². The number of nitrogens with one attached hydrogen (secondary N) is 1.